The van der Waals surface area contributed by atoms with Crippen LogP contribution in [0.4, 0.5) is 0 Å². The van der Waals surface area contributed by atoms with Gasteiger partial charge in [0.15, 0.2) is 17.4 Å². The van der Waals surface area contributed by atoms with Gasteiger partial charge in [-0.05, 0) is 0 Å². The molecule has 0 aromatic heterocycles. The molecule has 10 heavy (non-hydrogen) atoms. The van der Waals surface area contributed by atoms with E-state index in [9.17, 15) is 0 Å². The molecular formula is H14AlBaCaNaO4SiSr. The molecule has 0 aliphatic heterocycles. The summed E-state index contributed by atoms with van der Waals surface area (Å²) in [5.74, 6) is 0. The van der Waals surface area contributed by atoms with Crippen molar-refractivity contribution in [3.05, 3.63) is 0 Å². The van der Waals surface area contributed by atoms with Crippen molar-refractivity contribution in [1.82, 2.24) is 0 Å². The third kappa shape index (κ3) is 66.4. The first-order chi connectivity index (χ1) is 2.00. The van der Waals surface area contributed by atoms with Gasteiger partial charge in [0, 0.05) is 0 Å². The molecule has 0 aromatic rings. The van der Waals surface area contributed by atoms with Gasteiger partial charge in [-0.25, -0.2) is 0 Å². The Hall–Kier alpha value is 5.90. The van der Waals surface area contributed by atoms with E-state index in [0.29, 0.717) is 0 Å². The van der Waals surface area contributed by atoms with E-state index in [1.165, 1.54) is 0 Å². The summed E-state index contributed by atoms with van der Waals surface area (Å²) in [4.78, 5) is 29.3. The SMILES string of the molecule is O[Si](O)(O)O.[AlH3].[BaH2].[CaH2].[NaH].[SrH2]. The van der Waals surface area contributed by atoms with Gasteiger partial charge in [0.25, 0.3) is 0 Å². The fourth-order valence-corrected chi connectivity index (χ4v) is 0. The van der Waals surface area contributed by atoms with Crippen LogP contribution < -0.4 is 0 Å². The topological polar surface area (TPSA) is 80.9 Å². The predicted molar refractivity (Wildman–Crippen MR) is 57.3 cm³/mol. The molecule has 4 nitrogen and oxygen atoms in total. The van der Waals surface area contributed by atoms with Gasteiger partial charge in [0.05, 0.1) is 0 Å². The summed E-state index contributed by atoms with van der Waals surface area (Å²) in [5, 5.41) is 0. The van der Waals surface area contributed by atoms with E-state index >= 15 is 0 Å². The van der Waals surface area contributed by atoms with E-state index in [4.69, 9.17) is 19.2 Å². The fraction of sp³-hybridized carbons (Fsp3) is 0. The van der Waals surface area contributed by atoms with Crippen LogP contribution in [0.25, 0.3) is 0 Å². The van der Waals surface area contributed by atoms with E-state index < -0.39 is 9.05 Å². The zero-order chi connectivity index (χ0) is 4.50. The predicted octanol–water partition coefficient (Wildman–Crippen LogP) is -7.19. The standard InChI is InChI=1S/Al.Ba.Ca.Na.H4O4Si.Sr.10H/c;;;;1-5(2,3)4;;;;;;;;;;;/h;;;;1-4H;;;;;;;;;;;. The Morgan fingerprint density at radius 2 is 0.900 bits per heavy atom. The van der Waals surface area contributed by atoms with Gasteiger partial charge in [0.2, 0.25) is 0 Å². The van der Waals surface area contributed by atoms with Crippen molar-refractivity contribution in [1.29, 1.82) is 0 Å². The molecule has 0 spiro atoms. The van der Waals surface area contributed by atoms with E-state index in [0.717, 1.165) is 0 Å². The van der Waals surface area contributed by atoms with Gasteiger partial charge in [-0.3, -0.25) is 0 Å². The molecule has 0 aliphatic carbocycles. The average molecular weight is 421 g/mol. The molecule has 0 unspecified atom stereocenters. The molecule has 52 valence electrons. The first-order valence-corrected chi connectivity index (χ1v) is 2.68. The zero-order valence-electron chi connectivity index (χ0n) is 2.29. The zero-order valence-corrected chi connectivity index (χ0v) is 3.29. The van der Waals surface area contributed by atoms with Gasteiger partial charge in [-0.1, -0.05) is 0 Å². The monoisotopic (exact) mass is 422 g/mol. The maximum atomic E-state index is 7.33. The Morgan fingerprint density at radius 1 is 0.900 bits per heavy atom. The van der Waals surface area contributed by atoms with Crippen molar-refractivity contribution in [3.63, 3.8) is 0 Å². The van der Waals surface area contributed by atoms with Gasteiger partial charge in [-0.15, -0.1) is 0 Å². The van der Waals surface area contributed by atoms with Crippen molar-refractivity contribution in [3.8, 4) is 0 Å². The minimum atomic E-state index is -4.61. The third-order valence-corrected chi connectivity index (χ3v) is 0. The molecule has 0 fully saturated rings. The molecule has 0 heterocycles. The van der Waals surface area contributed by atoms with E-state index in [2.05, 4.69) is 0 Å². The molecule has 0 atom stereocenters. The van der Waals surface area contributed by atoms with Crippen molar-refractivity contribution >= 4 is 188 Å². The second kappa shape index (κ2) is 20.3. The molecule has 0 bridgehead atoms. The summed E-state index contributed by atoms with van der Waals surface area (Å²) in [5.41, 5.74) is 0. The molecule has 10 heteroatoms. The molecule has 0 amide bonds. The van der Waals surface area contributed by atoms with Crippen LogP contribution in [0.2, 0.25) is 0 Å². The van der Waals surface area contributed by atoms with Crippen molar-refractivity contribution in [2.45, 2.75) is 0 Å². The van der Waals surface area contributed by atoms with Crippen LogP contribution in [0.15, 0.2) is 0 Å². The summed E-state index contributed by atoms with van der Waals surface area (Å²) in [6.45, 7) is 0. The Balaban J connectivity index is -0.00000000800. The van der Waals surface area contributed by atoms with Gasteiger partial charge in [-0.2, -0.15) is 0 Å². The molecule has 0 saturated carbocycles. The quantitative estimate of drug-likeness (QED) is 0.293. The minimum absolute atomic E-state index is 0. The van der Waals surface area contributed by atoms with Crippen LogP contribution in [-0.2, 0) is 0 Å². The van der Waals surface area contributed by atoms with Gasteiger partial charge in [0.1, 0.15) is 0 Å². The van der Waals surface area contributed by atoms with E-state index in [1.807, 2.05) is 0 Å². The Morgan fingerprint density at radius 3 is 0.900 bits per heavy atom. The van der Waals surface area contributed by atoms with Crippen LogP contribution >= 0.6 is 0 Å². The van der Waals surface area contributed by atoms with E-state index in [-0.39, 0.29) is 179 Å². The molecular weight excluding hydrogens is 407 g/mol. The Labute approximate surface area is 201 Å². The average Bonchev–Trinajstić information content (AvgIpc) is 0.722. The van der Waals surface area contributed by atoms with Crippen LogP contribution in [0, 0.1) is 0 Å². The first kappa shape index (κ1) is 36.0. The summed E-state index contributed by atoms with van der Waals surface area (Å²) in [7, 11) is -4.61. The summed E-state index contributed by atoms with van der Waals surface area (Å²) < 4.78 is 0. The van der Waals surface area contributed by atoms with E-state index in [1.54, 1.807) is 0 Å². The molecule has 0 rings (SSSR count). The molecule has 0 saturated heterocycles. The Bertz CT molecular complexity index is 40.7. The molecule has 4 N–H and O–H groups in total. The summed E-state index contributed by atoms with van der Waals surface area (Å²) >= 11 is 0. The first-order valence-electron chi connectivity index (χ1n) is 0.894. The van der Waals surface area contributed by atoms with Crippen molar-refractivity contribution < 1.29 is 19.2 Å². The molecule has 0 aromatic carbocycles. The third-order valence-electron chi connectivity index (χ3n) is 0. The normalized spacial score (nSPS) is 6.00. The molecule has 0 radical (unpaired) electrons. The van der Waals surface area contributed by atoms with Crippen LogP contribution in [0.3, 0.4) is 0 Å². The summed E-state index contributed by atoms with van der Waals surface area (Å²) in [6.07, 6.45) is 0. The summed E-state index contributed by atoms with van der Waals surface area (Å²) in [6, 6.07) is 0. The number of hydrogen-bond acceptors (Lipinski definition) is 4. The van der Waals surface area contributed by atoms with Gasteiger partial charge >= 0.3 is 171 Å². The maximum absolute atomic E-state index is 7.33. The van der Waals surface area contributed by atoms with Crippen molar-refractivity contribution in [2.75, 3.05) is 0 Å². The van der Waals surface area contributed by atoms with Crippen LogP contribution in [0.5, 0.6) is 0 Å². The van der Waals surface area contributed by atoms with Crippen molar-refractivity contribution in [2.24, 2.45) is 0 Å². The molecule has 0 aliphatic rings. The Kier molecular flexibility index (Phi) is 73.2. The second-order valence-electron chi connectivity index (χ2n) is 0.600. The number of hydrogen-bond donors (Lipinski definition) is 4. The second-order valence-corrected chi connectivity index (χ2v) is 1.80. The fourth-order valence-electron chi connectivity index (χ4n) is 0. The van der Waals surface area contributed by atoms with Crippen LogP contribution in [0.1, 0.15) is 0 Å². The number of rotatable bonds is 0. The van der Waals surface area contributed by atoms with Gasteiger partial charge < -0.3 is 19.2 Å². The van der Waals surface area contributed by atoms with Crippen LogP contribution in [-0.4, -0.2) is 207 Å².